The van der Waals surface area contributed by atoms with E-state index in [-0.39, 0.29) is 17.5 Å². The van der Waals surface area contributed by atoms with Crippen molar-refractivity contribution in [3.63, 3.8) is 0 Å². The van der Waals surface area contributed by atoms with E-state index in [9.17, 15) is 4.79 Å². The van der Waals surface area contributed by atoms with Crippen molar-refractivity contribution in [3.05, 3.63) is 65.0 Å². The summed E-state index contributed by atoms with van der Waals surface area (Å²) in [5.41, 5.74) is 3.88. The largest absolute Gasteiger partial charge is 0.454 e. The quantitative estimate of drug-likeness (QED) is 0.777. The number of rotatable bonds is 3. The van der Waals surface area contributed by atoms with Crippen molar-refractivity contribution in [3.8, 4) is 0 Å². The first-order valence-electron chi connectivity index (χ1n) is 7.51. The molecule has 1 aromatic carbocycles. The normalized spacial score (nSPS) is 12.8. The van der Waals surface area contributed by atoms with Crippen LogP contribution in [0.5, 0.6) is 0 Å². The van der Waals surface area contributed by atoms with Crippen molar-refractivity contribution in [2.24, 2.45) is 0 Å². The minimum Gasteiger partial charge on any atom is -0.454 e. The van der Waals surface area contributed by atoms with Crippen LogP contribution in [-0.4, -0.2) is 11.0 Å². The lowest BCUT2D eigenvalue weighted by Crippen LogP contribution is -2.15. The zero-order chi connectivity index (χ0) is 16.3. The van der Waals surface area contributed by atoms with Crippen LogP contribution in [0.1, 0.15) is 60.8 Å². The molecule has 0 saturated heterocycles. The van der Waals surface area contributed by atoms with Gasteiger partial charge < -0.3 is 4.74 Å². The molecule has 2 aromatic rings. The summed E-state index contributed by atoms with van der Waals surface area (Å²) in [4.78, 5) is 16.3. The van der Waals surface area contributed by atoms with Crippen LogP contribution < -0.4 is 0 Å². The minimum absolute atomic E-state index is 0.0650. The summed E-state index contributed by atoms with van der Waals surface area (Å²) in [6.45, 7) is 10.4. The number of hydrogen-bond acceptors (Lipinski definition) is 3. The molecule has 0 aliphatic heterocycles. The summed E-state index contributed by atoms with van der Waals surface area (Å²) in [6.07, 6.45) is 3.10. The van der Waals surface area contributed by atoms with E-state index in [1.807, 2.05) is 44.2 Å². The topological polar surface area (TPSA) is 39.2 Å². The highest BCUT2D eigenvalue weighted by Crippen LogP contribution is 2.27. The van der Waals surface area contributed by atoms with Gasteiger partial charge in [-0.15, -0.1) is 0 Å². The van der Waals surface area contributed by atoms with Gasteiger partial charge in [0.1, 0.15) is 6.10 Å². The van der Waals surface area contributed by atoms with Crippen LogP contribution in [0.4, 0.5) is 0 Å². The molecular weight excluding hydrogens is 274 g/mol. The number of aryl methyl sites for hydroxylation is 1. The van der Waals surface area contributed by atoms with E-state index in [0.29, 0.717) is 5.56 Å². The number of pyridine rings is 1. The summed E-state index contributed by atoms with van der Waals surface area (Å²) < 4.78 is 5.52. The van der Waals surface area contributed by atoms with E-state index in [1.54, 1.807) is 12.4 Å². The van der Waals surface area contributed by atoms with Gasteiger partial charge in [0.25, 0.3) is 0 Å². The lowest BCUT2D eigenvalue weighted by Gasteiger charge is -2.22. The highest BCUT2D eigenvalue weighted by molar-refractivity contribution is 5.90. The van der Waals surface area contributed by atoms with Gasteiger partial charge >= 0.3 is 5.97 Å². The number of carbonyl (C=O) groups is 1. The zero-order valence-corrected chi connectivity index (χ0v) is 13.9. The van der Waals surface area contributed by atoms with Gasteiger partial charge in [0.2, 0.25) is 0 Å². The monoisotopic (exact) mass is 297 g/mol. The summed E-state index contributed by atoms with van der Waals surface area (Å²) >= 11 is 0. The van der Waals surface area contributed by atoms with E-state index in [2.05, 4.69) is 25.8 Å². The first-order valence-corrected chi connectivity index (χ1v) is 7.51. The molecule has 22 heavy (non-hydrogen) atoms. The Bertz CT molecular complexity index is 657. The third-order valence-electron chi connectivity index (χ3n) is 3.71. The number of nitrogens with zero attached hydrogens (tertiary/aromatic N) is 1. The Labute approximate surface area is 132 Å². The van der Waals surface area contributed by atoms with E-state index in [4.69, 9.17) is 4.74 Å². The predicted octanol–water partition coefficient (Wildman–Crippen LogP) is 4.61. The Morgan fingerprint density at radius 1 is 1.23 bits per heavy atom. The third-order valence-corrected chi connectivity index (χ3v) is 3.71. The molecule has 1 heterocycles. The average Bonchev–Trinajstić information content (AvgIpc) is 2.46. The first kappa shape index (κ1) is 16.2. The molecule has 0 bridgehead atoms. The minimum atomic E-state index is -0.316. The number of carbonyl (C=O) groups excluding carboxylic acids is 1. The molecule has 1 atom stereocenters. The van der Waals surface area contributed by atoms with Gasteiger partial charge in [-0.05, 0) is 48.6 Å². The molecule has 3 heteroatoms. The molecular formula is C19H23NO2. The lowest BCUT2D eigenvalue weighted by atomic mass is 9.83. The molecule has 1 aromatic heterocycles. The lowest BCUT2D eigenvalue weighted by molar-refractivity contribution is 0.0337. The Hall–Kier alpha value is -2.16. The van der Waals surface area contributed by atoms with Gasteiger partial charge in [0, 0.05) is 18.0 Å². The van der Waals surface area contributed by atoms with E-state index >= 15 is 0 Å². The summed E-state index contributed by atoms with van der Waals surface area (Å²) in [7, 11) is 0. The molecule has 3 nitrogen and oxygen atoms in total. The number of hydrogen-bond donors (Lipinski definition) is 0. The summed E-state index contributed by atoms with van der Waals surface area (Å²) in [5.74, 6) is -0.306. The second-order valence-electron chi connectivity index (χ2n) is 6.61. The maximum atomic E-state index is 12.3. The number of benzene rings is 1. The Morgan fingerprint density at radius 3 is 2.50 bits per heavy atom. The molecule has 0 saturated carbocycles. The van der Waals surface area contributed by atoms with Gasteiger partial charge in [0.15, 0.2) is 0 Å². The fraction of sp³-hybridized carbons (Fsp3) is 0.368. The van der Waals surface area contributed by atoms with Crippen molar-refractivity contribution in [1.82, 2.24) is 4.98 Å². The van der Waals surface area contributed by atoms with Crippen LogP contribution in [0.25, 0.3) is 0 Å². The molecule has 1 unspecified atom stereocenters. The van der Waals surface area contributed by atoms with Crippen LogP contribution in [0.3, 0.4) is 0 Å². The molecule has 2 rings (SSSR count). The summed E-state index contributed by atoms with van der Waals surface area (Å²) in [5, 5.41) is 0. The maximum Gasteiger partial charge on any atom is 0.338 e. The smallest absolute Gasteiger partial charge is 0.338 e. The van der Waals surface area contributed by atoms with Crippen LogP contribution in [0, 0.1) is 6.92 Å². The third kappa shape index (κ3) is 3.73. The molecule has 0 amide bonds. The van der Waals surface area contributed by atoms with Crippen molar-refractivity contribution >= 4 is 5.97 Å². The Kier molecular flexibility index (Phi) is 4.65. The van der Waals surface area contributed by atoms with Crippen molar-refractivity contribution in [2.75, 3.05) is 0 Å². The van der Waals surface area contributed by atoms with Crippen molar-refractivity contribution < 1.29 is 9.53 Å². The van der Waals surface area contributed by atoms with Crippen molar-refractivity contribution in [1.29, 1.82) is 0 Å². The second-order valence-corrected chi connectivity index (χ2v) is 6.61. The fourth-order valence-corrected chi connectivity index (χ4v) is 2.55. The fourth-order valence-electron chi connectivity index (χ4n) is 2.55. The Morgan fingerprint density at radius 2 is 1.95 bits per heavy atom. The van der Waals surface area contributed by atoms with E-state index in [1.165, 1.54) is 5.56 Å². The zero-order valence-electron chi connectivity index (χ0n) is 13.9. The summed E-state index contributed by atoms with van der Waals surface area (Å²) in [6, 6.07) is 9.49. The van der Waals surface area contributed by atoms with E-state index in [0.717, 1.165) is 11.1 Å². The number of ether oxygens (including phenoxy) is 1. The molecule has 0 aliphatic rings. The molecule has 0 radical (unpaired) electrons. The van der Waals surface area contributed by atoms with Gasteiger partial charge in [-0.25, -0.2) is 4.79 Å². The highest BCUT2D eigenvalue weighted by atomic mass is 16.5. The van der Waals surface area contributed by atoms with Crippen LogP contribution in [0.2, 0.25) is 0 Å². The number of aromatic nitrogens is 1. The molecule has 116 valence electrons. The molecule has 0 N–H and O–H groups in total. The number of esters is 1. The van der Waals surface area contributed by atoms with Crippen LogP contribution >= 0.6 is 0 Å². The van der Waals surface area contributed by atoms with Gasteiger partial charge in [-0.1, -0.05) is 32.9 Å². The highest BCUT2D eigenvalue weighted by Gasteiger charge is 2.19. The van der Waals surface area contributed by atoms with Crippen LogP contribution in [0.15, 0.2) is 42.7 Å². The molecule has 0 aliphatic carbocycles. The standard InChI is InChI=1S/C19H23NO2/c1-13-11-15(8-9-17(13)19(3,4)5)18(21)22-14(2)16-7-6-10-20-12-16/h6-12,14H,1-5H3. The van der Waals surface area contributed by atoms with Gasteiger partial charge in [-0.3, -0.25) is 4.98 Å². The first-order chi connectivity index (χ1) is 10.3. The van der Waals surface area contributed by atoms with E-state index < -0.39 is 0 Å². The average molecular weight is 297 g/mol. The van der Waals surface area contributed by atoms with Gasteiger partial charge in [-0.2, -0.15) is 0 Å². The second kappa shape index (κ2) is 6.30. The van der Waals surface area contributed by atoms with Crippen molar-refractivity contribution in [2.45, 2.75) is 46.1 Å². The SMILES string of the molecule is Cc1cc(C(=O)OC(C)c2cccnc2)ccc1C(C)(C)C. The predicted molar refractivity (Wildman–Crippen MR) is 87.9 cm³/mol. The molecule has 0 fully saturated rings. The Balaban J connectivity index is 2.15. The maximum absolute atomic E-state index is 12.3. The molecule has 0 spiro atoms. The van der Waals surface area contributed by atoms with Crippen LogP contribution in [-0.2, 0) is 10.2 Å². The van der Waals surface area contributed by atoms with Gasteiger partial charge in [0.05, 0.1) is 5.56 Å².